The molecule has 0 unspecified atom stereocenters. The molecule has 1 aromatic heterocycles. The summed E-state index contributed by atoms with van der Waals surface area (Å²) in [6.07, 6.45) is 4.11. The number of allylic oxidation sites excluding steroid dienone is 1. The first-order valence-electron chi connectivity index (χ1n) is 16.6. The molecule has 1 atom stereocenters. The van der Waals surface area contributed by atoms with E-state index in [0.717, 1.165) is 22.3 Å². The molecule has 5 aromatic rings. The Labute approximate surface area is 305 Å². The number of nitrogens with zero attached hydrogens (tertiary/aromatic N) is 2. The second-order valence-electron chi connectivity index (χ2n) is 11.5. The fourth-order valence-corrected chi connectivity index (χ4v) is 7.18. The quantitative estimate of drug-likeness (QED) is 0.0937. The van der Waals surface area contributed by atoms with Gasteiger partial charge in [-0.15, -0.1) is 6.58 Å². The van der Waals surface area contributed by atoms with Crippen molar-refractivity contribution < 1.29 is 23.7 Å². The van der Waals surface area contributed by atoms with Crippen LogP contribution in [0.3, 0.4) is 0 Å². The van der Waals surface area contributed by atoms with E-state index in [1.807, 2.05) is 104 Å². The molecule has 6 rings (SSSR count). The number of ether oxygens (including phenoxy) is 4. The number of fused-ring (bicyclic) bond motifs is 1. The van der Waals surface area contributed by atoms with Crippen LogP contribution in [0.2, 0.25) is 5.02 Å². The molecule has 1 aliphatic rings. The van der Waals surface area contributed by atoms with E-state index in [4.69, 9.17) is 35.5 Å². The van der Waals surface area contributed by atoms with E-state index in [1.54, 1.807) is 24.7 Å². The highest BCUT2D eigenvalue weighted by molar-refractivity contribution is 7.07. The molecular weight excluding hydrogens is 684 g/mol. The van der Waals surface area contributed by atoms with Crippen molar-refractivity contribution in [2.24, 2.45) is 4.99 Å². The zero-order valence-electron chi connectivity index (χ0n) is 28.6. The van der Waals surface area contributed by atoms with Gasteiger partial charge in [-0.1, -0.05) is 89.7 Å². The van der Waals surface area contributed by atoms with Crippen LogP contribution in [0.25, 0.3) is 11.8 Å². The Balaban J connectivity index is 1.54. The van der Waals surface area contributed by atoms with Crippen molar-refractivity contribution in [1.82, 2.24) is 4.57 Å². The topological polar surface area (TPSA) is 88.4 Å². The predicted molar refractivity (Wildman–Crippen MR) is 201 cm³/mol. The lowest BCUT2D eigenvalue weighted by atomic mass is 9.93. The highest BCUT2D eigenvalue weighted by atomic mass is 35.5. The molecule has 0 saturated heterocycles. The van der Waals surface area contributed by atoms with E-state index >= 15 is 0 Å². The Morgan fingerprint density at radius 2 is 1.75 bits per heavy atom. The number of methoxy groups -OCH3 is 1. The lowest BCUT2D eigenvalue weighted by Gasteiger charge is -2.26. The minimum absolute atomic E-state index is 0.160. The predicted octanol–water partition coefficient (Wildman–Crippen LogP) is 7.30. The van der Waals surface area contributed by atoms with Gasteiger partial charge in [-0.05, 0) is 67.8 Å². The second kappa shape index (κ2) is 16.1. The lowest BCUT2D eigenvalue weighted by molar-refractivity contribution is -0.138. The number of esters is 1. The number of carbonyl (C=O) groups is 1. The van der Waals surface area contributed by atoms with Gasteiger partial charge in [0, 0.05) is 21.7 Å². The van der Waals surface area contributed by atoms with Crippen molar-refractivity contribution in [3.05, 3.63) is 162 Å². The zero-order valence-corrected chi connectivity index (χ0v) is 30.1. The van der Waals surface area contributed by atoms with E-state index in [-0.39, 0.29) is 24.3 Å². The average Bonchev–Trinajstić information content (AvgIpc) is 3.45. The van der Waals surface area contributed by atoms with Crippen LogP contribution in [0.5, 0.6) is 17.2 Å². The summed E-state index contributed by atoms with van der Waals surface area (Å²) >= 11 is 7.66. The number of hydrogen-bond acceptors (Lipinski definition) is 8. The summed E-state index contributed by atoms with van der Waals surface area (Å²) in [5, 5.41) is 0.613. The molecule has 0 bridgehead atoms. The van der Waals surface area contributed by atoms with Crippen molar-refractivity contribution in [1.29, 1.82) is 0 Å². The molecular formula is C41H37ClN2O6S. The molecule has 0 spiro atoms. The summed E-state index contributed by atoms with van der Waals surface area (Å²) in [6.45, 7) is 8.42. The summed E-state index contributed by atoms with van der Waals surface area (Å²) < 4.78 is 25.5. The van der Waals surface area contributed by atoms with Crippen LogP contribution in [0.15, 0.2) is 119 Å². The lowest BCUT2D eigenvalue weighted by Crippen LogP contribution is -2.40. The van der Waals surface area contributed by atoms with Gasteiger partial charge in [0.05, 0.1) is 42.2 Å². The molecule has 260 valence electrons. The molecule has 0 N–H and O–H groups in total. The fourth-order valence-electron chi connectivity index (χ4n) is 5.98. The highest BCUT2D eigenvalue weighted by Crippen LogP contribution is 2.37. The standard InChI is InChI=1S/C41H37ClN2O6S/c1-5-14-29-21-26(22-33(48-6-2)38(29)50-25-30-17-11-12-20-32(30)42)23-34-39(45)44-37(28-18-13-19-31(24-28)47-4)35(40(46)49-7-3)36(43-41(44)51-34)27-15-9-8-10-16-27/h5,8-13,15-24,37H,1,6-7,14,25H2,2-4H3/b34-23+/t37-/m1/s1. The Morgan fingerprint density at radius 1 is 0.961 bits per heavy atom. The zero-order chi connectivity index (χ0) is 35.9. The van der Waals surface area contributed by atoms with Crippen LogP contribution < -0.4 is 29.1 Å². The van der Waals surface area contributed by atoms with Crippen LogP contribution in [0.1, 0.15) is 47.7 Å². The van der Waals surface area contributed by atoms with E-state index < -0.39 is 12.0 Å². The maximum Gasteiger partial charge on any atom is 0.338 e. The summed E-state index contributed by atoms with van der Waals surface area (Å²) in [5.41, 5.74) is 4.24. The Kier molecular flexibility index (Phi) is 11.2. The molecule has 0 saturated carbocycles. The number of benzene rings is 4. The summed E-state index contributed by atoms with van der Waals surface area (Å²) in [4.78, 5) is 33.7. The Hall–Kier alpha value is -5.38. The van der Waals surface area contributed by atoms with Crippen molar-refractivity contribution in [3.8, 4) is 17.2 Å². The van der Waals surface area contributed by atoms with Gasteiger partial charge in [0.25, 0.3) is 5.56 Å². The summed E-state index contributed by atoms with van der Waals surface area (Å²) in [5.74, 6) is 1.16. The monoisotopic (exact) mass is 720 g/mol. The molecule has 10 heteroatoms. The molecule has 51 heavy (non-hydrogen) atoms. The van der Waals surface area contributed by atoms with Gasteiger partial charge in [-0.2, -0.15) is 0 Å². The Bertz CT molecular complexity index is 2290. The third-order valence-electron chi connectivity index (χ3n) is 8.23. The molecule has 0 radical (unpaired) electrons. The largest absolute Gasteiger partial charge is 0.497 e. The number of halogens is 1. The first-order chi connectivity index (χ1) is 24.9. The second-order valence-corrected chi connectivity index (χ2v) is 12.9. The first-order valence-corrected chi connectivity index (χ1v) is 17.7. The van der Waals surface area contributed by atoms with Crippen LogP contribution in [0.4, 0.5) is 0 Å². The maximum atomic E-state index is 14.5. The van der Waals surface area contributed by atoms with Crippen molar-refractivity contribution in [2.45, 2.75) is 32.9 Å². The molecule has 2 heterocycles. The Morgan fingerprint density at radius 3 is 2.47 bits per heavy atom. The highest BCUT2D eigenvalue weighted by Gasteiger charge is 2.35. The van der Waals surface area contributed by atoms with Gasteiger partial charge in [0.1, 0.15) is 12.4 Å². The van der Waals surface area contributed by atoms with Gasteiger partial charge in [0.15, 0.2) is 16.3 Å². The van der Waals surface area contributed by atoms with Gasteiger partial charge >= 0.3 is 5.97 Å². The van der Waals surface area contributed by atoms with Gasteiger partial charge in [-0.25, -0.2) is 9.79 Å². The van der Waals surface area contributed by atoms with E-state index in [1.165, 1.54) is 11.3 Å². The smallest absolute Gasteiger partial charge is 0.338 e. The molecule has 0 amide bonds. The third-order valence-corrected chi connectivity index (χ3v) is 9.58. The molecule has 1 aliphatic heterocycles. The fraction of sp³-hybridized carbons (Fsp3) is 0.195. The summed E-state index contributed by atoms with van der Waals surface area (Å²) in [7, 11) is 1.58. The van der Waals surface area contributed by atoms with Crippen molar-refractivity contribution in [3.63, 3.8) is 0 Å². The van der Waals surface area contributed by atoms with Crippen molar-refractivity contribution in [2.75, 3.05) is 20.3 Å². The van der Waals surface area contributed by atoms with Crippen LogP contribution in [-0.2, 0) is 22.6 Å². The first kappa shape index (κ1) is 35.4. The van der Waals surface area contributed by atoms with Crippen LogP contribution >= 0.6 is 22.9 Å². The number of hydrogen-bond donors (Lipinski definition) is 0. The van der Waals surface area contributed by atoms with E-state index in [2.05, 4.69) is 6.58 Å². The van der Waals surface area contributed by atoms with Crippen molar-refractivity contribution >= 4 is 40.7 Å². The van der Waals surface area contributed by atoms with Crippen LogP contribution in [0, 0.1) is 0 Å². The molecule has 8 nitrogen and oxygen atoms in total. The molecule has 4 aromatic carbocycles. The number of aromatic nitrogens is 1. The number of thiazole rings is 1. The minimum Gasteiger partial charge on any atom is -0.497 e. The number of rotatable bonds is 13. The third kappa shape index (κ3) is 7.55. The van der Waals surface area contributed by atoms with Gasteiger partial charge < -0.3 is 18.9 Å². The molecule has 0 fully saturated rings. The molecule has 0 aliphatic carbocycles. The average molecular weight is 721 g/mol. The number of carbonyl (C=O) groups excluding carboxylic acids is 1. The van der Waals surface area contributed by atoms with Crippen LogP contribution in [-0.4, -0.2) is 30.9 Å². The van der Waals surface area contributed by atoms with E-state index in [9.17, 15) is 9.59 Å². The summed E-state index contributed by atoms with van der Waals surface area (Å²) in [6, 6.07) is 27.3. The normalized spacial score (nSPS) is 14.0. The maximum absolute atomic E-state index is 14.5. The SMILES string of the molecule is C=CCc1cc(/C=c2/sc3n(c2=O)[C@H](c2cccc(OC)c2)C(C(=O)OCC)=C(c2ccccc2)N=3)cc(OCC)c1OCc1ccccc1Cl. The van der Waals surface area contributed by atoms with Gasteiger partial charge in [-0.3, -0.25) is 9.36 Å². The van der Waals surface area contributed by atoms with Gasteiger partial charge in [0.2, 0.25) is 0 Å². The minimum atomic E-state index is -0.830. The van der Waals surface area contributed by atoms with E-state index in [0.29, 0.717) is 55.9 Å².